The average molecular weight is 476 g/mol. The second kappa shape index (κ2) is 7.83. The molecule has 0 aliphatic carbocycles. The average Bonchev–Trinajstić information content (AvgIpc) is 3.14. The largest absolute Gasteiger partial charge is 0.477 e. The summed E-state index contributed by atoms with van der Waals surface area (Å²) < 4.78 is 1.06. The number of nitrogens with zero attached hydrogens (tertiary/aromatic N) is 4. The molecule has 3 heterocycles. The maximum absolute atomic E-state index is 12.8. The zero-order valence-electron chi connectivity index (χ0n) is 18.2. The number of nitrogen functional groups attached to an aromatic ring is 3. The SMILES string of the molecule is Nc1c(N2CCc3ccc(CNC(=O)c4cc(C(=O)O)n5c(N)nc(N)c5n4)cc3C2)c(=O)c1=O. The highest BCUT2D eigenvalue weighted by Crippen LogP contribution is 2.26. The van der Waals surface area contributed by atoms with E-state index in [2.05, 4.69) is 15.3 Å². The normalized spacial score (nSPS) is 13.2. The van der Waals surface area contributed by atoms with Crippen LogP contribution in [-0.4, -0.2) is 37.9 Å². The van der Waals surface area contributed by atoms with Gasteiger partial charge in [0.25, 0.3) is 16.8 Å². The van der Waals surface area contributed by atoms with Crippen molar-refractivity contribution in [2.45, 2.75) is 19.5 Å². The third kappa shape index (κ3) is 3.49. The van der Waals surface area contributed by atoms with Gasteiger partial charge in [-0.15, -0.1) is 0 Å². The van der Waals surface area contributed by atoms with Crippen molar-refractivity contribution in [3.8, 4) is 0 Å². The topological polar surface area (TPSA) is 212 Å². The Morgan fingerprint density at radius 1 is 1.06 bits per heavy atom. The maximum atomic E-state index is 12.8. The zero-order chi connectivity index (χ0) is 25.0. The first-order valence-corrected chi connectivity index (χ1v) is 10.6. The smallest absolute Gasteiger partial charge is 0.353 e. The molecule has 5 rings (SSSR count). The summed E-state index contributed by atoms with van der Waals surface area (Å²) in [4.78, 5) is 57.5. The van der Waals surface area contributed by atoms with Crippen molar-refractivity contribution in [3.63, 3.8) is 0 Å². The third-order valence-electron chi connectivity index (χ3n) is 6.07. The monoisotopic (exact) mass is 476 g/mol. The summed E-state index contributed by atoms with van der Waals surface area (Å²) in [7, 11) is 0. The van der Waals surface area contributed by atoms with Crippen molar-refractivity contribution in [1.82, 2.24) is 19.7 Å². The van der Waals surface area contributed by atoms with E-state index in [1.807, 2.05) is 18.2 Å². The number of aromatic carboxylic acids is 1. The van der Waals surface area contributed by atoms with Crippen LogP contribution in [-0.2, 0) is 19.5 Å². The van der Waals surface area contributed by atoms with E-state index in [0.29, 0.717) is 19.5 Å². The fourth-order valence-electron chi connectivity index (χ4n) is 4.30. The Labute approximate surface area is 196 Å². The van der Waals surface area contributed by atoms with Gasteiger partial charge in [0, 0.05) is 25.7 Å². The summed E-state index contributed by atoms with van der Waals surface area (Å²) in [5, 5.41) is 12.2. The molecule has 2 aromatic heterocycles. The van der Waals surface area contributed by atoms with Gasteiger partial charge >= 0.3 is 5.97 Å². The summed E-state index contributed by atoms with van der Waals surface area (Å²) in [6.07, 6.45) is 0.679. The molecule has 0 unspecified atom stereocenters. The molecule has 0 saturated heterocycles. The van der Waals surface area contributed by atoms with Crippen LogP contribution in [0.1, 0.15) is 37.7 Å². The summed E-state index contributed by atoms with van der Waals surface area (Å²) in [5.74, 6) is -2.17. The van der Waals surface area contributed by atoms with E-state index >= 15 is 0 Å². The highest BCUT2D eigenvalue weighted by atomic mass is 16.4. The Morgan fingerprint density at radius 3 is 2.54 bits per heavy atom. The number of amides is 1. The Kier molecular flexibility index (Phi) is 4.89. The molecule has 2 aromatic carbocycles. The summed E-state index contributed by atoms with van der Waals surface area (Å²) in [5.41, 5.74) is 18.6. The standard InChI is InChI=1S/C22H20N8O5/c23-14-15(17(32)16(14)31)29-4-3-10-2-1-9(5-11(10)8-29)7-26-20(33)12-6-13(21(34)35)30-19(27-12)18(24)28-22(30)25/h1-2,5-6H,3-4,7-8,23-24H2,(H2,25,28)(H,26,33)(H,34,35). The number of hydrogen-bond acceptors (Lipinski definition) is 10. The Morgan fingerprint density at radius 2 is 1.83 bits per heavy atom. The fourth-order valence-corrected chi connectivity index (χ4v) is 4.30. The van der Waals surface area contributed by atoms with Crippen molar-refractivity contribution in [2.75, 3.05) is 28.6 Å². The first-order chi connectivity index (χ1) is 16.7. The molecule has 4 aromatic rings. The molecule has 178 valence electrons. The van der Waals surface area contributed by atoms with E-state index < -0.39 is 22.7 Å². The predicted molar refractivity (Wildman–Crippen MR) is 127 cm³/mol. The Balaban J connectivity index is 1.35. The van der Waals surface area contributed by atoms with Crippen molar-refractivity contribution in [2.24, 2.45) is 0 Å². The molecule has 8 N–H and O–H groups in total. The van der Waals surface area contributed by atoms with Crippen molar-refractivity contribution >= 4 is 40.7 Å². The number of carbonyl (C=O) groups excluding carboxylic acids is 1. The van der Waals surface area contributed by atoms with Gasteiger partial charge in [-0.05, 0) is 23.1 Å². The molecule has 0 bridgehead atoms. The van der Waals surface area contributed by atoms with Crippen molar-refractivity contribution < 1.29 is 14.7 Å². The lowest BCUT2D eigenvalue weighted by atomic mass is 9.96. The number of nitrogens with two attached hydrogens (primary N) is 3. The van der Waals surface area contributed by atoms with Gasteiger partial charge in [0.2, 0.25) is 5.95 Å². The number of imidazole rings is 1. The van der Waals surface area contributed by atoms with E-state index in [1.165, 1.54) is 0 Å². The van der Waals surface area contributed by atoms with E-state index in [9.17, 15) is 24.3 Å². The number of rotatable bonds is 5. The molecule has 0 spiro atoms. The number of hydrogen-bond donors (Lipinski definition) is 5. The summed E-state index contributed by atoms with van der Waals surface area (Å²) >= 11 is 0. The molecule has 1 aliphatic heterocycles. The zero-order valence-corrected chi connectivity index (χ0v) is 18.2. The van der Waals surface area contributed by atoms with Gasteiger partial charge in [0.05, 0.1) is 0 Å². The molecule has 0 radical (unpaired) electrons. The highest BCUT2D eigenvalue weighted by Gasteiger charge is 2.27. The number of benzene rings is 1. The van der Waals surface area contributed by atoms with Crippen LogP contribution in [0.15, 0.2) is 33.9 Å². The number of nitrogens with one attached hydrogen (secondary N) is 1. The first-order valence-electron chi connectivity index (χ1n) is 10.6. The van der Waals surface area contributed by atoms with Gasteiger partial charge in [0.15, 0.2) is 11.5 Å². The van der Waals surface area contributed by atoms with E-state index in [-0.39, 0.29) is 46.7 Å². The lowest BCUT2D eigenvalue weighted by Crippen LogP contribution is -2.44. The molecular weight excluding hydrogens is 456 g/mol. The van der Waals surface area contributed by atoms with Gasteiger partial charge in [-0.25, -0.2) is 9.78 Å². The molecule has 0 fully saturated rings. The number of carbonyl (C=O) groups is 2. The van der Waals surface area contributed by atoms with Crippen LogP contribution in [0.25, 0.3) is 5.65 Å². The number of aromatic nitrogens is 3. The molecule has 0 saturated carbocycles. The summed E-state index contributed by atoms with van der Waals surface area (Å²) in [6.45, 7) is 1.12. The summed E-state index contributed by atoms with van der Waals surface area (Å²) in [6, 6.07) is 6.82. The van der Waals surface area contributed by atoms with E-state index in [4.69, 9.17) is 17.2 Å². The number of fused-ring (bicyclic) bond motifs is 2. The van der Waals surface area contributed by atoms with Gasteiger partial charge in [0.1, 0.15) is 22.8 Å². The molecule has 1 aliphatic rings. The second-order valence-corrected chi connectivity index (χ2v) is 8.22. The van der Waals surface area contributed by atoms with Crippen molar-refractivity contribution in [3.05, 3.63) is 72.8 Å². The van der Waals surface area contributed by atoms with Crippen LogP contribution >= 0.6 is 0 Å². The van der Waals surface area contributed by atoms with Crippen LogP contribution in [0.5, 0.6) is 0 Å². The van der Waals surface area contributed by atoms with Gasteiger partial charge in [-0.1, -0.05) is 18.2 Å². The fraction of sp³-hybridized carbons (Fsp3) is 0.182. The molecule has 13 nitrogen and oxygen atoms in total. The molecule has 0 atom stereocenters. The number of carboxylic acids is 1. The lowest BCUT2D eigenvalue weighted by Gasteiger charge is -2.32. The Hall–Kier alpha value is -4.94. The minimum absolute atomic E-state index is 0.00681. The number of carboxylic acid groups (broad SMARTS) is 1. The highest BCUT2D eigenvalue weighted by molar-refractivity contribution is 5.97. The third-order valence-corrected chi connectivity index (χ3v) is 6.07. The molecule has 13 heteroatoms. The van der Waals surface area contributed by atoms with Crippen LogP contribution in [0.4, 0.5) is 23.1 Å². The molecule has 1 amide bonds. The second-order valence-electron chi connectivity index (χ2n) is 8.22. The quantitative estimate of drug-likeness (QED) is 0.226. The van der Waals surface area contributed by atoms with Crippen LogP contribution in [0.2, 0.25) is 0 Å². The van der Waals surface area contributed by atoms with Gasteiger partial charge < -0.3 is 32.5 Å². The van der Waals surface area contributed by atoms with Gasteiger partial charge in [-0.3, -0.25) is 18.8 Å². The van der Waals surface area contributed by atoms with Crippen LogP contribution in [0, 0.1) is 0 Å². The molecule has 35 heavy (non-hydrogen) atoms. The van der Waals surface area contributed by atoms with Crippen molar-refractivity contribution in [1.29, 1.82) is 0 Å². The van der Waals surface area contributed by atoms with E-state index in [1.54, 1.807) is 4.90 Å². The lowest BCUT2D eigenvalue weighted by molar-refractivity contribution is 0.0688. The van der Waals surface area contributed by atoms with Crippen LogP contribution in [0.3, 0.4) is 0 Å². The Bertz CT molecular complexity index is 1610. The van der Waals surface area contributed by atoms with Gasteiger partial charge in [-0.2, -0.15) is 4.98 Å². The minimum Gasteiger partial charge on any atom is -0.477 e. The van der Waals surface area contributed by atoms with E-state index in [0.717, 1.165) is 27.2 Å². The predicted octanol–water partition coefficient (Wildman–Crippen LogP) is -0.737. The molecular formula is C22H20N8O5. The maximum Gasteiger partial charge on any atom is 0.353 e. The number of anilines is 4. The van der Waals surface area contributed by atoms with Crippen LogP contribution < -0.4 is 38.3 Å². The minimum atomic E-state index is -1.32. The first kappa shape index (κ1) is 21.9.